The van der Waals surface area contributed by atoms with E-state index in [0.29, 0.717) is 48.7 Å². The second kappa shape index (κ2) is 9.62. The summed E-state index contributed by atoms with van der Waals surface area (Å²) in [5, 5.41) is 6.37. The van der Waals surface area contributed by atoms with Crippen LogP contribution in [0.4, 0.5) is 0 Å². The molecule has 1 saturated heterocycles. The van der Waals surface area contributed by atoms with Gasteiger partial charge < -0.3 is 9.47 Å². The molecule has 0 aromatic heterocycles. The minimum Gasteiger partial charge on any atom is -0.493 e. The second-order valence-corrected chi connectivity index (χ2v) is 11.6. The summed E-state index contributed by atoms with van der Waals surface area (Å²) in [6, 6.07) is 12.5. The molecule has 0 spiro atoms. The molecule has 1 amide bonds. The van der Waals surface area contributed by atoms with Crippen LogP contribution in [0.2, 0.25) is 0 Å². The van der Waals surface area contributed by atoms with Gasteiger partial charge in [-0.1, -0.05) is 32.0 Å². The fraction of sp³-hybridized carbons (Fsp3) is 0.462. The van der Waals surface area contributed by atoms with Gasteiger partial charge in [0, 0.05) is 25.1 Å². The lowest BCUT2D eigenvalue weighted by Gasteiger charge is -2.41. The number of aryl methyl sites for hydroxylation is 1. The molecule has 2 aliphatic heterocycles. The van der Waals surface area contributed by atoms with Gasteiger partial charge >= 0.3 is 0 Å². The zero-order valence-electron chi connectivity index (χ0n) is 20.9. The number of benzene rings is 2. The number of carbonyl (C=O) groups is 1. The third-order valence-electron chi connectivity index (χ3n) is 6.82. The number of hydrogen-bond acceptors (Lipinski definition) is 6. The number of nitrogens with zero attached hydrogens (tertiary/aromatic N) is 3. The van der Waals surface area contributed by atoms with Crippen LogP contribution in [0.1, 0.15) is 44.2 Å². The Bertz CT molecular complexity index is 1250. The number of carbonyl (C=O) groups excluding carboxylic acids is 1. The number of rotatable bonds is 6. The first kappa shape index (κ1) is 25.2. The third-order valence-corrected chi connectivity index (χ3v) is 8.88. The maximum atomic E-state index is 13.3. The zero-order valence-corrected chi connectivity index (χ0v) is 21.8. The number of methoxy groups -OCH3 is 2. The molecule has 2 heterocycles. The van der Waals surface area contributed by atoms with Crippen molar-refractivity contribution in [3.63, 3.8) is 0 Å². The minimum atomic E-state index is -3.58. The Kier molecular flexibility index (Phi) is 6.92. The van der Waals surface area contributed by atoms with Gasteiger partial charge in [-0.2, -0.15) is 9.41 Å². The van der Waals surface area contributed by atoms with Gasteiger partial charge in [-0.3, -0.25) is 4.79 Å². The van der Waals surface area contributed by atoms with E-state index in [0.717, 1.165) is 16.8 Å². The quantitative estimate of drug-likeness (QED) is 0.603. The maximum Gasteiger partial charge on any atom is 0.248 e. The molecule has 188 valence electrons. The Morgan fingerprint density at radius 2 is 1.66 bits per heavy atom. The van der Waals surface area contributed by atoms with E-state index in [-0.39, 0.29) is 11.9 Å². The van der Waals surface area contributed by atoms with E-state index in [1.165, 1.54) is 4.31 Å². The first-order chi connectivity index (χ1) is 16.6. The number of sulfonamides is 1. The van der Waals surface area contributed by atoms with E-state index in [9.17, 15) is 13.2 Å². The van der Waals surface area contributed by atoms with Crippen molar-refractivity contribution >= 4 is 21.6 Å². The van der Waals surface area contributed by atoms with Gasteiger partial charge in [-0.25, -0.2) is 13.4 Å². The summed E-state index contributed by atoms with van der Waals surface area (Å²) >= 11 is 0. The van der Waals surface area contributed by atoms with E-state index in [1.54, 1.807) is 44.4 Å². The smallest absolute Gasteiger partial charge is 0.248 e. The van der Waals surface area contributed by atoms with Crippen LogP contribution in [0.25, 0.3) is 0 Å². The van der Waals surface area contributed by atoms with Gasteiger partial charge in [-0.05, 0) is 49.6 Å². The fourth-order valence-corrected chi connectivity index (χ4v) is 6.45. The summed E-state index contributed by atoms with van der Waals surface area (Å²) in [6.07, 6.45) is 1.55. The molecule has 35 heavy (non-hydrogen) atoms. The molecule has 0 bridgehead atoms. The summed E-state index contributed by atoms with van der Waals surface area (Å²) in [6.45, 7) is 6.34. The number of hydrazone groups is 1. The molecule has 0 aliphatic carbocycles. The molecule has 0 unspecified atom stereocenters. The molecule has 2 aromatic carbocycles. The SMILES string of the molecule is COc1ccc(C2=NN(C3CCN(S(=O)(=O)c4ccccc4C)CC3)C(=O)C(C)(C)C2)cc1OC. The highest BCUT2D eigenvalue weighted by atomic mass is 32.2. The summed E-state index contributed by atoms with van der Waals surface area (Å²) in [4.78, 5) is 13.7. The van der Waals surface area contributed by atoms with Crippen molar-refractivity contribution in [1.82, 2.24) is 9.31 Å². The largest absolute Gasteiger partial charge is 0.493 e. The van der Waals surface area contributed by atoms with E-state index >= 15 is 0 Å². The molecule has 2 aromatic rings. The highest BCUT2D eigenvalue weighted by molar-refractivity contribution is 7.89. The Balaban J connectivity index is 1.57. The van der Waals surface area contributed by atoms with Gasteiger partial charge in [0.1, 0.15) is 0 Å². The summed E-state index contributed by atoms with van der Waals surface area (Å²) in [7, 11) is -0.409. The first-order valence-electron chi connectivity index (χ1n) is 11.8. The molecule has 0 radical (unpaired) electrons. The number of ether oxygens (including phenoxy) is 2. The molecule has 1 fully saturated rings. The number of piperidine rings is 1. The Hall–Kier alpha value is -2.91. The van der Waals surface area contributed by atoms with E-state index in [4.69, 9.17) is 14.6 Å². The molecular weight excluding hydrogens is 466 g/mol. The van der Waals surface area contributed by atoms with Crippen molar-refractivity contribution in [3.05, 3.63) is 53.6 Å². The summed E-state index contributed by atoms with van der Waals surface area (Å²) in [5.74, 6) is 1.19. The zero-order chi connectivity index (χ0) is 25.4. The maximum absolute atomic E-state index is 13.3. The lowest BCUT2D eigenvalue weighted by molar-refractivity contribution is -0.144. The topological polar surface area (TPSA) is 88.5 Å². The van der Waals surface area contributed by atoms with Crippen LogP contribution >= 0.6 is 0 Å². The van der Waals surface area contributed by atoms with Crippen LogP contribution in [0, 0.1) is 12.3 Å². The van der Waals surface area contributed by atoms with Crippen LogP contribution in [0.15, 0.2) is 52.5 Å². The molecule has 0 N–H and O–H groups in total. The standard InChI is InChI=1S/C26H33N3O5S/c1-18-8-6-7-9-24(18)35(31,32)28-14-12-20(13-15-28)29-25(30)26(2,3)17-21(27-29)19-10-11-22(33-4)23(16-19)34-5/h6-11,16,20H,12-15,17H2,1-5H3. The van der Waals surface area contributed by atoms with Crippen LogP contribution in [0.5, 0.6) is 11.5 Å². The normalized spacial score (nSPS) is 19.4. The van der Waals surface area contributed by atoms with Crippen molar-refractivity contribution in [3.8, 4) is 11.5 Å². The monoisotopic (exact) mass is 499 g/mol. The first-order valence-corrected chi connectivity index (χ1v) is 13.2. The fourth-order valence-electron chi connectivity index (χ4n) is 4.75. The van der Waals surface area contributed by atoms with Gasteiger partial charge in [-0.15, -0.1) is 0 Å². The van der Waals surface area contributed by atoms with Crippen molar-refractivity contribution in [2.75, 3.05) is 27.3 Å². The molecular formula is C26H33N3O5S. The lowest BCUT2D eigenvalue weighted by Crippen LogP contribution is -2.52. The van der Waals surface area contributed by atoms with Gasteiger partial charge in [0.15, 0.2) is 11.5 Å². The van der Waals surface area contributed by atoms with Gasteiger partial charge in [0.2, 0.25) is 15.9 Å². The second-order valence-electron chi connectivity index (χ2n) is 9.73. The van der Waals surface area contributed by atoms with Crippen molar-refractivity contribution < 1.29 is 22.7 Å². The average molecular weight is 500 g/mol. The van der Waals surface area contributed by atoms with Crippen LogP contribution < -0.4 is 9.47 Å². The van der Waals surface area contributed by atoms with Gasteiger partial charge in [0.05, 0.1) is 36.3 Å². The molecule has 4 rings (SSSR count). The predicted octanol–water partition coefficient (Wildman–Crippen LogP) is 3.83. The van der Waals surface area contributed by atoms with Crippen LogP contribution in [-0.4, -0.2) is 62.7 Å². The van der Waals surface area contributed by atoms with E-state index in [2.05, 4.69) is 0 Å². The van der Waals surface area contributed by atoms with Crippen molar-refractivity contribution in [2.24, 2.45) is 10.5 Å². The van der Waals surface area contributed by atoms with E-state index in [1.807, 2.05) is 38.1 Å². The van der Waals surface area contributed by atoms with E-state index < -0.39 is 15.4 Å². The lowest BCUT2D eigenvalue weighted by atomic mass is 9.82. The average Bonchev–Trinajstić information content (AvgIpc) is 2.85. The van der Waals surface area contributed by atoms with Gasteiger partial charge in [0.25, 0.3) is 0 Å². The molecule has 0 atom stereocenters. The molecule has 2 aliphatic rings. The molecule has 9 heteroatoms. The predicted molar refractivity (Wildman–Crippen MR) is 134 cm³/mol. The van der Waals surface area contributed by atoms with Crippen molar-refractivity contribution in [2.45, 2.75) is 51.0 Å². The number of hydrogen-bond donors (Lipinski definition) is 0. The molecule has 8 nitrogen and oxygen atoms in total. The minimum absolute atomic E-state index is 0.0399. The Morgan fingerprint density at radius 1 is 1.00 bits per heavy atom. The summed E-state index contributed by atoms with van der Waals surface area (Å²) in [5.41, 5.74) is 1.76. The Morgan fingerprint density at radius 3 is 2.29 bits per heavy atom. The van der Waals surface area contributed by atoms with Crippen LogP contribution in [-0.2, 0) is 14.8 Å². The van der Waals surface area contributed by atoms with Crippen LogP contribution in [0.3, 0.4) is 0 Å². The van der Waals surface area contributed by atoms with Crippen molar-refractivity contribution in [1.29, 1.82) is 0 Å². The molecule has 0 saturated carbocycles. The number of amides is 1. The Labute approximate surface area is 207 Å². The third kappa shape index (κ3) is 4.79. The summed E-state index contributed by atoms with van der Waals surface area (Å²) < 4.78 is 38.7. The highest BCUT2D eigenvalue weighted by Crippen LogP contribution is 2.36. The highest BCUT2D eigenvalue weighted by Gasteiger charge is 2.42.